The molecule has 2 unspecified atom stereocenters. The predicted molar refractivity (Wildman–Crippen MR) is 77.3 cm³/mol. The highest BCUT2D eigenvalue weighted by Crippen LogP contribution is 2.31. The number of hydrogen-bond acceptors (Lipinski definition) is 5. The van der Waals surface area contributed by atoms with Crippen LogP contribution in [0.25, 0.3) is 0 Å². The number of carbonyl (C=O) groups is 1. The third-order valence-corrected chi connectivity index (χ3v) is 3.61. The number of nitrogens with zero attached hydrogens (tertiary/aromatic N) is 1. The highest BCUT2D eigenvalue weighted by atomic mass is 16.6. The van der Waals surface area contributed by atoms with Crippen molar-refractivity contribution in [2.45, 2.75) is 37.8 Å². The van der Waals surface area contributed by atoms with E-state index in [0.29, 0.717) is 6.42 Å². The van der Waals surface area contributed by atoms with Crippen LogP contribution in [0, 0.1) is 10.1 Å². The molecule has 0 radical (unpaired) electrons. The fourth-order valence-corrected chi connectivity index (χ4v) is 2.51. The van der Waals surface area contributed by atoms with Crippen molar-refractivity contribution in [3.8, 4) is 5.75 Å². The summed E-state index contributed by atoms with van der Waals surface area (Å²) in [6.45, 7) is 0. The largest absolute Gasteiger partial charge is 0.483 e. The number of benzene rings is 1. The molecule has 1 saturated carbocycles. The average Bonchev–Trinajstić information content (AvgIpc) is 2.46. The molecule has 2 rings (SSSR count). The Labute approximate surface area is 122 Å². The number of hydrogen-bond donors (Lipinski definition) is 2. The van der Waals surface area contributed by atoms with Crippen molar-refractivity contribution in [3.63, 3.8) is 0 Å². The summed E-state index contributed by atoms with van der Waals surface area (Å²) >= 11 is 0. The number of nitro benzene ring substituents is 1. The van der Waals surface area contributed by atoms with E-state index in [1.54, 1.807) is 0 Å². The third kappa shape index (κ3) is 3.69. The first-order valence-electron chi connectivity index (χ1n) is 6.94. The van der Waals surface area contributed by atoms with Gasteiger partial charge in [0, 0.05) is 24.7 Å². The summed E-state index contributed by atoms with van der Waals surface area (Å²) in [5.74, 6) is -0.184. The minimum atomic E-state index is -0.537. The Morgan fingerprint density at radius 2 is 2.24 bits per heavy atom. The van der Waals surface area contributed by atoms with Crippen molar-refractivity contribution >= 4 is 11.6 Å². The number of nitrogens with two attached hydrogens (primary N) is 1. The predicted octanol–water partition coefficient (Wildman–Crippen LogP) is 1.60. The van der Waals surface area contributed by atoms with Crippen LogP contribution in [-0.2, 0) is 0 Å². The molecule has 7 nitrogen and oxygen atoms in total. The smallest absolute Gasteiger partial charge is 0.311 e. The second kappa shape index (κ2) is 6.53. The molecule has 0 spiro atoms. The van der Waals surface area contributed by atoms with E-state index < -0.39 is 4.92 Å². The van der Waals surface area contributed by atoms with E-state index in [1.165, 1.54) is 25.2 Å². The van der Waals surface area contributed by atoms with Gasteiger partial charge < -0.3 is 15.8 Å². The van der Waals surface area contributed by atoms with E-state index in [4.69, 9.17) is 10.5 Å². The molecule has 0 aliphatic heterocycles. The topological polar surface area (TPSA) is 107 Å². The SMILES string of the molecule is CNC(=O)c1ccc(OC2CCCC(N)C2)c([N+](=O)[O-])c1. The number of ether oxygens (including phenoxy) is 1. The van der Waals surface area contributed by atoms with Crippen LogP contribution in [0.5, 0.6) is 5.75 Å². The van der Waals surface area contributed by atoms with Gasteiger partial charge in [-0.1, -0.05) is 0 Å². The Morgan fingerprint density at radius 1 is 1.48 bits per heavy atom. The Balaban J connectivity index is 2.22. The number of rotatable bonds is 4. The molecule has 7 heteroatoms. The van der Waals surface area contributed by atoms with Crippen LogP contribution in [0.4, 0.5) is 5.69 Å². The van der Waals surface area contributed by atoms with Gasteiger partial charge in [-0.25, -0.2) is 0 Å². The van der Waals surface area contributed by atoms with Gasteiger partial charge in [-0.2, -0.15) is 0 Å². The molecule has 1 fully saturated rings. The monoisotopic (exact) mass is 293 g/mol. The van der Waals surface area contributed by atoms with Gasteiger partial charge in [0.15, 0.2) is 5.75 Å². The molecule has 0 saturated heterocycles. The third-order valence-electron chi connectivity index (χ3n) is 3.61. The standard InChI is InChI=1S/C14H19N3O4/c1-16-14(18)9-5-6-13(12(7-9)17(19)20)21-11-4-2-3-10(15)8-11/h5-7,10-11H,2-4,8,15H2,1H3,(H,16,18). The average molecular weight is 293 g/mol. The first-order valence-corrected chi connectivity index (χ1v) is 6.94. The second-order valence-electron chi connectivity index (χ2n) is 5.19. The van der Waals surface area contributed by atoms with Crippen LogP contribution in [0.15, 0.2) is 18.2 Å². The lowest BCUT2D eigenvalue weighted by atomic mass is 9.93. The molecule has 0 aromatic heterocycles. The summed E-state index contributed by atoms with van der Waals surface area (Å²) in [6.07, 6.45) is 3.32. The highest BCUT2D eigenvalue weighted by molar-refractivity contribution is 5.94. The maximum atomic E-state index is 11.5. The fraction of sp³-hybridized carbons (Fsp3) is 0.500. The number of nitro groups is 1. The highest BCUT2D eigenvalue weighted by Gasteiger charge is 2.25. The molecular weight excluding hydrogens is 274 g/mol. The summed E-state index contributed by atoms with van der Waals surface area (Å²) in [5.41, 5.74) is 5.93. The van der Waals surface area contributed by atoms with Gasteiger partial charge in [-0.15, -0.1) is 0 Å². The maximum Gasteiger partial charge on any atom is 0.311 e. The number of amides is 1. The lowest BCUT2D eigenvalue weighted by molar-refractivity contribution is -0.386. The van der Waals surface area contributed by atoms with Crippen LogP contribution < -0.4 is 15.8 Å². The lowest BCUT2D eigenvalue weighted by Crippen LogP contribution is -2.33. The van der Waals surface area contributed by atoms with Crippen molar-refractivity contribution in [3.05, 3.63) is 33.9 Å². The van der Waals surface area contributed by atoms with Crippen molar-refractivity contribution in [2.75, 3.05) is 7.05 Å². The van der Waals surface area contributed by atoms with E-state index in [0.717, 1.165) is 19.3 Å². The van der Waals surface area contributed by atoms with Crippen molar-refractivity contribution < 1.29 is 14.5 Å². The Morgan fingerprint density at radius 3 is 2.86 bits per heavy atom. The zero-order valence-corrected chi connectivity index (χ0v) is 11.9. The van der Waals surface area contributed by atoms with Gasteiger partial charge in [0.25, 0.3) is 5.91 Å². The quantitative estimate of drug-likeness (QED) is 0.647. The maximum absolute atomic E-state index is 11.5. The molecule has 1 amide bonds. The molecule has 21 heavy (non-hydrogen) atoms. The Kier molecular flexibility index (Phi) is 4.74. The van der Waals surface area contributed by atoms with E-state index in [2.05, 4.69) is 5.32 Å². The van der Waals surface area contributed by atoms with Gasteiger partial charge in [-0.05, 0) is 37.8 Å². The van der Waals surface area contributed by atoms with Gasteiger partial charge in [0.1, 0.15) is 6.10 Å². The molecular formula is C14H19N3O4. The van der Waals surface area contributed by atoms with Crippen LogP contribution in [0.3, 0.4) is 0 Å². The molecule has 1 aromatic rings. The summed E-state index contributed by atoms with van der Waals surface area (Å²) in [5, 5.41) is 13.6. The molecule has 114 valence electrons. The first kappa shape index (κ1) is 15.2. The van der Waals surface area contributed by atoms with E-state index >= 15 is 0 Å². The van der Waals surface area contributed by atoms with E-state index in [-0.39, 0.29) is 35.1 Å². The summed E-state index contributed by atoms with van der Waals surface area (Å²) in [6, 6.07) is 4.30. The molecule has 2 atom stereocenters. The molecule has 1 aliphatic rings. The van der Waals surface area contributed by atoms with Gasteiger partial charge >= 0.3 is 5.69 Å². The summed E-state index contributed by atoms with van der Waals surface area (Å²) in [4.78, 5) is 22.2. The Hall–Kier alpha value is -2.15. The fourth-order valence-electron chi connectivity index (χ4n) is 2.51. The zero-order valence-electron chi connectivity index (χ0n) is 11.9. The molecule has 1 aliphatic carbocycles. The normalized spacial score (nSPS) is 21.6. The van der Waals surface area contributed by atoms with E-state index in [1.807, 2.05) is 0 Å². The first-order chi connectivity index (χ1) is 10.0. The van der Waals surface area contributed by atoms with Gasteiger partial charge in [0.05, 0.1) is 4.92 Å². The molecule has 0 bridgehead atoms. The summed E-state index contributed by atoms with van der Waals surface area (Å²) < 4.78 is 5.73. The van der Waals surface area contributed by atoms with Crippen molar-refractivity contribution in [1.29, 1.82) is 0 Å². The number of nitrogens with one attached hydrogen (secondary N) is 1. The Bertz CT molecular complexity index is 547. The molecule has 1 aromatic carbocycles. The number of carbonyl (C=O) groups excluding carboxylic acids is 1. The van der Waals surface area contributed by atoms with Crippen LogP contribution in [0.2, 0.25) is 0 Å². The van der Waals surface area contributed by atoms with Crippen molar-refractivity contribution in [2.24, 2.45) is 5.73 Å². The molecule has 3 N–H and O–H groups in total. The lowest BCUT2D eigenvalue weighted by Gasteiger charge is -2.27. The van der Waals surface area contributed by atoms with Crippen LogP contribution in [0.1, 0.15) is 36.0 Å². The molecule has 0 heterocycles. The van der Waals surface area contributed by atoms with Gasteiger partial charge in [-0.3, -0.25) is 14.9 Å². The van der Waals surface area contributed by atoms with Crippen LogP contribution >= 0.6 is 0 Å². The summed E-state index contributed by atoms with van der Waals surface area (Å²) in [7, 11) is 1.47. The van der Waals surface area contributed by atoms with Crippen LogP contribution in [-0.4, -0.2) is 30.0 Å². The van der Waals surface area contributed by atoms with E-state index in [9.17, 15) is 14.9 Å². The minimum absolute atomic E-state index is 0.0768. The zero-order chi connectivity index (χ0) is 15.4. The van der Waals surface area contributed by atoms with Gasteiger partial charge in [0.2, 0.25) is 0 Å². The van der Waals surface area contributed by atoms with Crippen molar-refractivity contribution in [1.82, 2.24) is 5.32 Å². The second-order valence-corrected chi connectivity index (χ2v) is 5.19. The minimum Gasteiger partial charge on any atom is -0.483 e.